The Morgan fingerprint density at radius 3 is 2.59 bits per heavy atom. The van der Waals surface area contributed by atoms with Gasteiger partial charge >= 0.3 is 0 Å². The van der Waals surface area contributed by atoms with Gasteiger partial charge < -0.3 is 9.84 Å². The Morgan fingerprint density at radius 2 is 2.05 bits per heavy atom. The fourth-order valence-corrected chi connectivity index (χ4v) is 3.21. The number of rotatable bonds is 3. The lowest BCUT2D eigenvalue weighted by Gasteiger charge is -2.33. The van der Waals surface area contributed by atoms with Crippen LogP contribution in [0.2, 0.25) is 0 Å². The van der Waals surface area contributed by atoms with E-state index in [1.807, 2.05) is 27.7 Å². The predicted octanol–water partition coefficient (Wildman–Crippen LogP) is 2.37. The second-order valence-electron chi connectivity index (χ2n) is 6.34. The second-order valence-corrected chi connectivity index (χ2v) is 6.34. The first-order valence-corrected chi connectivity index (χ1v) is 7.70. The van der Waals surface area contributed by atoms with Gasteiger partial charge in [0.2, 0.25) is 0 Å². The van der Waals surface area contributed by atoms with Crippen LogP contribution in [0.4, 0.5) is 0 Å². The maximum Gasteiger partial charge on any atom is 0.150 e. The summed E-state index contributed by atoms with van der Waals surface area (Å²) in [6.45, 7) is 8.47. The molecule has 0 saturated carbocycles. The van der Waals surface area contributed by atoms with Crippen molar-refractivity contribution in [3.8, 4) is 6.07 Å². The summed E-state index contributed by atoms with van der Waals surface area (Å²) < 4.78 is 5.46. The molecule has 4 heteroatoms. The predicted molar refractivity (Wildman–Crippen MR) is 84.8 cm³/mol. The highest BCUT2D eigenvalue weighted by molar-refractivity contribution is 5.76. The van der Waals surface area contributed by atoms with Gasteiger partial charge in [-0.1, -0.05) is 17.7 Å². The van der Waals surface area contributed by atoms with E-state index in [9.17, 15) is 10.4 Å². The van der Waals surface area contributed by atoms with E-state index in [0.29, 0.717) is 19.4 Å². The smallest absolute Gasteiger partial charge is 0.150 e. The van der Waals surface area contributed by atoms with E-state index in [-0.39, 0.29) is 18.4 Å². The summed E-state index contributed by atoms with van der Waals surface area (Å²) in [7, 11) is 0. The number of aliphatic imine (C=N–C) groups is 1. The quantitative estimate of drug-likeness (QED) is 0.635. The van der Waals surface area contributed by atoms with Gasteiger partial charge in [-0.3, -0.25) is 4.99 Å². The number of ether oxygens (including phenoxy) is 1. The number of benzene rings is 1. The molecule has 1 aromatic rings. The minimum Gasteiger partial charge on any atom is -0.862 e. The lowest BCUT2D eigenvalue weighted by molar-refractivity contribution is -0.219. The molecular weight excluding hydrogens is 276 g/mol. The van der Waals surface area contributed by atoms with Crippen LogP contribution in [-0.4, -0.2) is 24.1 Å². The van der Waals surface area contributed by atoms with Crippen LogP contribution < -0.4 is 5.11 Å². The lowest BCUT2D eigenvalue weighted by Crippen LogP contribution is -2.39. The van der Waals surface area contributed by atoms with Crippen LogP contribution in [0.25, 0.3) is 0 Å². The fourth-order valence-electron chi connectivity index (χ4n) is 3.21. The molecule has 0 amide bonds. The summed E-state index contributed by atoms with van der Waals surface area (Å²) in [4.78, 5) is 4.26. The Bertz CT molecular complexity index is 607. The summed E-state index contributed by atoms with van der Waals surface area (Å²) in [5.74, 6) is -0.217. The topological polar surface area (TPSA) is 68.4 Å². The monoisotopic (exact) mass is 299 g/mol. The summed E-state index contributed by atoms with van der Waals surface area (Å²) >= 11 is 0. The molecule has 22 heavy (non-hydrogen) atoms. The van der Waals surface area contributed by atoms with Crippen LogP contribution in [0, 0.1) is 32.1 Å². The van der Waals surface area contributed by atoms with Crippen LogP contribution in [0.15, 0.2) is 17.1 Å². The normalized spacial score (nSPS) is 25.8. The van der Waals surface area contributed by atoms with E-state index in [1.165, 1.54) is 5.56 Å². The van der Waals surface area contributed by atoms with E-state index in [0.717, 1.165) is 16.7 Å². The Balaban J connectivity index is 2.24. The fraction of sp³-hybridized carbons (Fsp3) is 0.556. The molecule has 0 N–H and O–H groups in total. The highest BCUT2D eigenvalue weighted by Gasteiger charge is 2.35. The van der Waals surface area contributed by atoms with Crippen molar-refractivity contribution in [2.45, 2.75) is 58.6 Å². The molecule has 0 aliphatic carbocycles. The molecule has 2 unspecified atom stereocenters. The third-order valence-corrected chi connectivity index (χ3v) is 4.26. The summed E-state index contributed by atoms with van der Waals surface area (Å²) in [6, 6.07) is 6.39. The van der Waals surface area contributed by atoms with Crippen molar-refractivity contribution in [2.75, 3.05) is 6.61 Å². The molecule has 0 radical (unpaired) electrons. The molecule has 2 atom stereocenters. The van der Waals surface area contributed by atoms with E-state index >= 15 is 0 Å². The standard InChI is InChI=1S/C18H24N2O2/c1-12-7-13(2)16(14(3)8-12)9-17(21)20-18(11-19)5-6-22-15(4)10-18/h7-8,15H,5-6,9-10H2,1-4H3,(H,20,21)/p-1. The first kappa shape index (κ1) is 16.5. The summed E-state index contributed by atoms with van der Waals surface area (Å²) in [5, 5.41) is 21.9. The molecule has 1 heterocycles. The maximum atomic E-state index is 12.4. The van der Waals surface area contributed by atoms with Gasteiger partial charge in [0.1, 0.15) is 5.54 Å². The van der Waals surface area contributed by atoms with Crippen molar-refractivity contribution in [3.63, 3.8) is 0 Å². The Kier molecular flexibility index (Phi) is 4.87. The molecule has 1 aliphatic rings. The van der Waals surface area contributed by atoms with Gasteiger partial charge in [-0.2, -0.15) is 5.26 Å². The zero-order valence-corrected chi connectivity index (χ0v) is 13.8. The molecule has 1 aliphatic heterocycles. The molecule has 118 valence electrons. The van der Waals surface area contributed by atoms with Crippen LogP contribution in [0.5, 0.6) is 0 Å². The zero-order valence-electron chi connectivity index (χ0n) is 13.8. The molecule has 0 bridgehead atoms. The summed E-state index contributed by atoms with van der Waals surface area (Å²) in [5.41, 5.74) is 3.50. The molecule has 1 aromatic carbocycles. The Morgan fingerprint density at radius 1 is 1.41 bits per heavy atom. The van der Waals surface area contributed by atoms with Gasteiger partial charge in [-0.15, -0.1) is 0 Å². The first-order chi connectivity index (χ1) is 10.3. The third kappa shape index (κ3) is 3.66. The highest BCUT2D eigenvalue weighted by Crippen LogP contribution is 2.28. The second kappa shape index (κ2) is 6.50. The van der Waals surface area contributed by atoms with Gasteiger partial charge in [0.15, 0.2) is 0 Å². The van der Waals surface area contributed by atoms with Crippen molar-refractivity contribution in [3.05, 3.63) is 34.4 Å². The van der Waals surface area contributed by atoms with Crippen LogP contribution in [0.3, 0.4) is 0 Å². The Hall–Kier alpha value is -1.86. The minimum absolute atomic E-state index is 0.0344. The van der Waals surface area contributed by atoms with Gasteiger partial charge in [-0.25, -0.2) is 0 Å². The van der Waals surface area contributed by atoms with Crippen molar-refractivity contribution < 1.29 is 9.84 Å². The third-order valence-electron chi connectivity index (χ3n) is 4.26. The van der Waals surface area contributed by atoms with Crippen LogP contribution >= 0.6 is 0 Å². The van der Waals surface area contributed by atoms with E-state index < -0.39 is 5.54 Å². The first-order valence-electron chi connectivity index (χ1n) is 7.70. The molecule has 2 rings (SSSR count). The number of aryl methyl sites for hydroxylation is 3. The Labute approximate surface area is 132 Å². The number of hydrogen-bond acceptors (Lipinski definition) is 4. The van der Waals surface area contributed by atoms with E-state index in [2.05, 4.69) is 23.2 Å². The maximum absolute atomic E-state index is 12.4. The van der Waals surface area contributed by atoms with E-state index in [1.54, 1.807) is 0 Å². The molecule has 0 aromatic heterocycles. The lowest BCUT2D eigenvalue weighted by atomic mass is 9.89. The largest absolute Gasteiger partial charge is 0.862 e. The number of nitriles is 1. The SMILES string of the molecule is Cc1cc(C)c(CC([O-])=NC2(C#N)CCOC(C)C2)c(C)c1. The molecule has 0 spiro atoms. The van der Waals surface area contributed by atoms with Crippen molar-refractivity contribution in [1.29, 1.82) is 5.26 Å². The average Bonchev–Trinajstić information content (AvgIpc) is 2.42. The number of nitrogens with zero attached hydrogens (tertiary/aromatic N) is 2. The summed E-state index contributed by atoms with van der Waals surface area (Å²) in [6.07, 6.45) is 1.20. The van der Waals surface area contributed by atoms with Crippen molar-refractivity contribution >= 4 is 5.90 Å². The van der Waals surface area contributed by atoms with Gasteiger partial charge in [0, 0.05) is 19.3 Å². The zero-order chi connectivity index (χ0) is 16.3. The van der Waals surface area contributed by atoms with Gasteiger partial charge in [-0.05, 0) is 50.3 Å². The van der Waals surface area contributed by atoms with Gasteiger partial charge in [0.25, 0.3) is 0 Å². The average molecular weight is 299 g/mol. The minimum atomic E-state index is -0.915. The highest BCUT2D eigenvalue weighted by atomic mass is 16.5. The van der Waals surface area contributed by atoms with E-state index in [4.69, 9.17) is 4.74 Å². The molecule has 4 nitrogen and oxygen atoms in total. The van der Waals surface area contributed by atoms with Crippen LogP contribution in [-0.2, 0) is 11.2 Å². The van der Waals surface area contributed by atoms with Crippen LogP contribution in [0.1, 0.15) is 42.0 Å². The molecule has 1 fully saturated rings. The number of hydrogen-bond donors (Lipinski definition) is 0. The molecular formula is C18H23N2O2-. The van der Waals surface area contributed by atoms with Crippen molar-refractivity contribution in [2.24, 2.45) is 4.99 Å². The van der Waals surface area contributed by atoms with Crippen molar-refractivity contribution in [1.82, 2.24) is 0 Å². The van der Waals surface area contributed by atoms with Gasteiger partial charge in [0.05, 0.1) is 18.8 Å². The molecule has 1 saturated heterocycles.